The van der Waals surface area contributed by atoms with Crippen LogP contribution in [0.25, 0.3) is 0 Å². The lowest BCUT2D eigenvalue weighted by atomic mass is 10.1. The average Bonchev–Trinajstić information content (AvgIpc) is 2.26. The van der Waals surface area contributed by atoms with Gasteiger partial charge in [0, 0.05) is 10.3 Å². The summed E-state index contributed by atoms with van der Waals surface area (Å²) in [6.45, 7) is 4.97. The van der Waals surface area contributed by atoms with Crippen LogP contribution >= 0.6 is 30.2 Å². The van der Waals surface area contributed by atoms with Crippen LogP contribution < -0.4 is 0 Å². The molecule has 0 N–H and O–H groups in total. The predicted molar refractivity (Wildman–Crippen MR) is 77.8 cm³/mol. The van der Waals surface area contributed by atoms with Crippen LogP contribution in [-0.4, -0.2) is 22.8 Å². The summed E-state index contributed by atoms with van der Waals surface area (Å²) in [6.07, 6.45) is 2.06. The van der Waals surface area contributed by atoms with E-state index in [1.807, 2.05) is 29.5 Å². The van der Waals surface area contributed by atoms with Crippen LogP contribution in [0.1, 0.15) is 46.5 Å². The van der Waals surface area contributed by atoms with Gasteiger partial charge >= 0.3 is 13.3 Å². The van der Waals surface area contributed by atoms with E-state index in [0.29, 0.717) is 6.42 Å². The molecule has 1 atom stereocenters. The number of alkyl halides is 3. The van der Waals surface area contributed by atoms with E-state index in [2.05, 4.69) is 0 Å². The van der Waals surface area contributed by atoms with E-state index in [0.717, 1.165) is 12.8 Å². The van der Waals surface area contributed by atoms with Gasteiger partial charge < -0.3 is 9.05 Å². The van der Waals surface area contributed by atoms with Crippen LogP contribution in [-0.2, 0) is 13.6 Å². The molecule has 0 heterocycles. The van der Waals surface area contributed by atoms with Gasteiger partial charge in [0.25, 0.3) is 0 Å². The van der Waals surface area contributed by atoms with E-state index < -0.39 is 19.7 Å². The van der Waals surface area contributed by atoms with Gasteiger partial charge in [0.2, 0.25) is 0 Å². The van der Waals surface area contributed by atoms with Crippen molar-refractivity contribution in [1.82, 2.24) is 0 Å². The summed E-state index contributed by atoms with van der Waals surface area (Å²) in [4.78, 5) is 0. The third-order valence-corrected chi connectivity index (χ3v) is 5.58. The fourth-order valence-corrected chi connectivity index (χ4v) is 4.39. The largest absolute Gasteiger partial charge is 0.399 e. The second-order valence-corrected chi connectivity index (χ2v) is 7.87. The Morgan fingerprint density at radius 3 is 2.11 bits per heavy atom. The maximum Gasteiger partial charge on any atom is 0.399 e. The number of unbranched alkanes of at least 4 members (excludes halogenated alkanes) is 1. The Morgan fingerprint density at radius 1 is 1.22 bits per heavy atom. The smallest absolute Gasteiger partial charge is 0.305 e. The summed E-state index contributed by atoms with van der Waals surface area (Å²) in [7, 11) is -4.35. The summed E-state index contributed by atoms with van der Waals surface area (Å²) < 4.78 is 49.3. The quantitative estimate of drug-likeness (QED) is 0.287. The fourth-order valence-electron chi connectivity index (χ4n) is 1.47. The molecule has 0 aliphatic heterocycles. The highest BCUT2D eigenvalue weighted by Gasteiger charge is 2.53. The first-order valence-electron chi connectivity index (χ1n) is 6.24. The molecule has 0 aliphatic carbocycles. The predicted octanol–water partition coefficient (Wildman–Crippen LogP) is 5.23. The molecule has 18 heavy (non-hydrogen) atoms. The second-order valence-electron chi connectivity index (χ2n) is 3.94. The Morgan fingerprint density at radius 2 is 1.72 bits per heavy atom. The molecule has 0 radical (unpaired) electrons. The van der Waals surface area contributed by atoms with Crippen molar-refractivity contribution in [3.05, 3.63) is 0 Å². The molecule has 0 saturated heterocycles. The first-order valence-corrected chi connectivity index (χ1v) is 9.02. The van der Waals surface area contributed by atoms with Crippen LogP contribution in [0.2, 0.25) is 0 Å². The van der Waals surface area contributed by atoms with Crippen molar-refractivity contribution in [1.29, 1.82) is 0 Å². The van der Waals surface area contributed by atoms with E-state index in [9.17, 15) is 13.3 Å². The third kappa shape index (κ3) is 5.80. The van der Waals surface area contributed by atoms with E-state index in [1.165, 1.54) is 13.8 Å². The van der Waals surface area contributed by atoms with E-state index in [4.69, 9.17) is 9.05 Å². The maximum absolute atomic E-state index is 14.0. The molecule has 3 nitrogen and oxygen atoms in total. The van der Waals surface area contributed by atoms with Gasteiger partial charge in [0.15, 0.2) is 0 Å². The Labute approximate surface area is 122 Å². The summed E-state index contributed by atoms with van der Waals surface area (Å²) >= 11 is 1.97. The monoisotopic (exact) mass is 398 g/mol. The van der Waals surface area contributed by atoms with Gasteiger partial charge in [-0.1, -0.05) is 42.4 Å². The van der Waals surface area contributed by atoms with Crippen LogP contribution in [0.15, 0.2) is 0 Å². The molecule has 0 aromatic rings. The minimum Gasteiger partial charge on any atom is -0.305 e. The first kappa shape index (κ1) is 18.7. The summed E-state index contributed by atoms with van der Waals surface area (Å²) in [5.74, 6) is 0. The number of hydrogen-bond acceptors (Lipinski definition) is 3. The molecular formula is C11H22F2IO3P. The Hall–Kier alpha value is 0.740. The molecule has 0 amide bonds. The Bertz CT molecular complexity index is 267. The van der Waals surface area contributed by atoms with Crippen molar-refractivity contribution < 1.29 is 22.4 Å². The first-order chi connectivity index (χ1) is 8.33. The molecule has 0 fully saturated rings. The van der Waals surface area contributed by atoms with E-state index in [1.54, 1.807) is 0 Å². The topological polar surface area (TPSA) is 35.5 Å². The van der Waals surface area contributed by atoms with Crippen LogP contribution in [0.4, 0.5) is 8.78 Å². The average molecular weight is 398 g/mol. The van der Waals surface area contributed by atoms with Crippen molar-refractivity contribution in [2.45, 2.75) is 56.0 Å². The summed E-state index contributed by atoms with van der Waals surface area (Å²) in [6, 6.07) is 0. The fraction of sp³-hybridized carbons (Fsp3) is 1.00. The van der Waals surface area contributed by atoms with Crippen molar-refractivity contribution >= 4 is 30.2 Å². The normalized spacial score (nSPS) is 14.8. The molecular weight excluding hydrogens is 376 g/mol. The van der Waals surface area contributed by atoms with Gasteiger partial charge in [-0.3, -0.25) is 4.57 Å². The zero-order chi connectivity index (χ0) is 14.2. The van der Waals surface area contributed by atoms with Gasteiger partial charge in [0.05, 0.1) is 13.2 Å². The van der Waals surface area contributed by atoms with Gasteiger partial charge in [-0.2, -0.15) is 8.78 Å². The molecule has 110 valence electrons. The number of rotatable bonds is 10. The van der Waals surface area contributed by atoms with E-state index >= 15 is 0 Å². The minimum atomic E-state index is -4.35. The van der Waals surface area contributed by atoms with Crippen molar-refractivity contribution in [3.8, 4) is 0 Å². The molecule has 0 rings (SSSR count). The molecule has 0 saturated carbocycles. The molecule has 0 spiro atoms. The summed E-state index contributed by atoms with van der Waals surface area (Å²) in [5, 5.41) is 0. The molecule has 0 aromatic carbocycles. The number of hydrogen-bond donors (Lipinski definition) is 0. The Kier molecular flexibility index (Phi) is 9.18. The highest BCUT2D eigenvalue weighted by molar-refractivity contribution is 14.1. The Balaban J connectivity index is 4.68. The van der Waals surface area contributed by atoms with Crippen molar-refractivity contribution in [3.63, 3.8) is 0 Å². The lowest BCUT2D eigenvalue weighted by molar-refractivity contribution is 0.0318. The molecule has 0 bridgehead atoms. The van der Waals surface area contributed by atoms with Gasteiger partial charge in [0.1, 0.15) is 0 Å². The zero-order valence-electron chi connectivity index (χ0n) is 11.1. The maximum atomic E-state index is 14.0. The SMILES string of the molecule is CCCCC(I)CC(F)(F)P(=O)(OCC)OCC. The number of halogens is 3. The highest BCUT2D eigenvalue weighted by atomic mass is 127. The second kappa shape index (κ2) is 8.82. The minimum absolute atomic E-state index is 0.0479. The van der Waals surface area contributed by atoms with Crippen LogP contribution in [0, 0.1) is 0 Å². The molecule has 7 heteroatoms. The zero-order valence-corrected chi connectivity index (χ0v) is 14.2. The molecule has 1 unspecified atom stereocenters. The molecule has 0 aromatic heterocycles. The lowest BCUT2D eigenvalue weighted by Crippen LogP contribution is -2.24. The van der Waals surface area contributed by atoms with Gasteiger partial charge in [-0.15, -0.1) is 0 Å². The van der Waals surface area contributed by atoms with Crippen LogP contribution in [0.5, 0.6) is 0 Å². The standard InChI is InChI=1S/C11H22F2IO3P/c1-4-7-8-10(14)9-11(12,13)18(15,16-5-2)17-6-3/h10H,4-9H2,1-3H3. The van der Waals surface area contributed by atoms with Crippen molar-refractivity contribution in [2.75, 3.05) is 13.2 Å². The third-order valence-electron chi connectivity index (χ3n) is 2.34. The summed E-state index contributed by atoms with van der Waals surface area (Å²) in [5.41, 5.74) is -3.42. The highest BCUT2D eigenvalue weighted by Crippen LogP contribution is 2.64. The van der Waals surface area contributed by atoms with E-state index in [-0.39, 0.29) is 17.1 Å². The van der Waals surface area contributed by atoms with Crippen molar-refractivity contribution in [2.24, 2.45) is 0 Å². The van der Waals surface area contributed by atoms with Crippen LogP contribution in [0.3, 0.4) is 0 Å². The van der Waals surface area contributed by atoms with Gasteiger partial charge in [-0.05, 0) is 20.3 Å². The lowest BCUT2D eigenvalue weighted by Gasteiger charge is -2.27. The molecule has 0 aliphatic rings. The van der Waals surface area contributed by atoms with Gasteiger partial charge in [-0.25, -0.2) is 0 Å².